The highest BCUT2D eigenvalue weighted by molar-refractivity contribution is 9.13. The number of aromatic hydroxyl groups is 2. The molecular formula is C14H11Br3O8. The zero-order valence-corrected chi connectivity index (χ0v) is 17.2. The maximum atomic E-state index is 11.5. The van der Waals surface area contributed by atoms with E-state index in [0.717, 1.165) is 13.2 Å². The van der Waals surface area contributed by atoms with E-state index < -0.39 is 47.3 Å². The van der Waals surface area contributed by atoms with Gasteiger partial charge < -0.3 is 25.2 Å². The molecule has 0 spiro atoms. The van der Waals surface area contributed by atoms with Gasteiger partial charge in [0.1, 0.15) is 0 Å². The summed E-state index contributed by atoms with van der Waals surface area (Å²) in [5.74, 6) is -6.76. The Morgan fingerprint density at radius 3 is 2.00 bits per heavy atom. The Bertz CT molecular complexity index is 743. The molecule has 1 atom stereocenters. The van der Waals surface area contributed by atoms with Gasteiger partial charge >= 0.3 is 17.9 Å². The van der Waals surface area contributed by atoms with Gasteiger partial charge in [-0.2, -0.15) is 0 Å². The number of hydrogen-bond acceptors (Lipinski definition) is 6. The molecular weight excluding hydrogens is 536 g/mol. The van der Waals surface area contributed by atoms with Crippen LogP contribution >= 0.6 is 47.8 Å². The summed E-state index contributed by atoms with van der Waals surface area (Å²) < 4.78 is 4.52. The third-order valence-corrected chi connectivity index (χ3v) is 6.06. The van der Waals surface area contributed by atoms with Crippen molar-refractivity contribution in [3.05, 3.63) is 24.6 Å². The molecule has 136 valence electrons. The number of rotatable bonds is 6. The second-order valence-corrected chi connectivity index (χ2v) is 7.01. The predicted molar refractivity (Wildman–Crippen MR) is 96.2 cm³/mol. The number of carbonyl (C=O) groups excluding carboxylic acids is 1. The van der Waals surface area contributed by atoms with E-state index in [-0.39, 0.29) is 19.0 Å². The van der Waals surface area contributed by atoms with Crippen LogP contribution in [0.5, 0.6) is 11.5 Å². The molecule has 1 aromatic carbocycles. The molecule has 8 nitrogen and oxygen atoms in total. The van der Waals surface area contributed by atoms with Gasteiger partial charge in [-0.3, -0.25) is 9.59 Å². The monoisotopic (exact) mass is 544 g/mol. The summed E-state index contributed by atoms with van der Waals surface area (Å²) in [5.41, 5.74) is -0.563. The summed E-state index contributed by atoms with van der Waals surface area (Å²) >= 11 is 9.14. The van der Waals surface area contributed by atoms with Gasteiger partial charge in [-0.1, -0.05) is 0 Å². The second kappa shape index (κ2) is 8.68. The van der Waals surface area contributed by atoms with Gasteiger partial charge in [-0.15, -0.1) is 0 Å². The highest BCUT2D eigenvalue weighted by atomic mass is 79.9. The molecule has 0 aliphatic heterocycles. The molecule has 4 N–H and O–H groups in total. The molecule has 11 heteroatoms. The normalized spacial score (nSPS) is 12.6. The van der Waals surface area contributed by atoms with Crippen molar-refractivity contribution in [3.63, 3.8) is 0 Å². The summed E-state index contributed by atoms with van der Waals surface area (Å²) in [7, 11) is 1.05. The molecule has 1 rings (SSSR count). The lowest BCUT2D eigenvalue weighted by Gasteiger charge is -2.15. The van der Waals surface area contributed by atoms with Crippen LogP contribution in [0.15, 0.2) is 19.0 Å². The van der Waals surface area contributed by atoms with E-state index in [4.69, 9.17) is 0 Å². The molecule has 0 aromatic heterocycles. The number of phenolic OH excluding ortho intramolecular Hbond substituents is 2. The van der Waals surface area contributed by atoms with Crippen LogP contribution in [0.2, 0.25) is 0 Å². The lowest BCUT2D eigenvalue weighted by molar-refractivity contribution is -0.150. The molecule has 0 radical (unpaired) electrons. The fourth-order valence-electron chi connectivity index (χ4n) is 1.83. The van der Waals surface area contributed by atoms with Crippen LogP contribution in [0.3, 0.4) is 0 Å². The van der Waals surface area contributed by atoms with E-state index in [0.29, 0.717) is 0 Å². The standard InChI is InChI=1S/C14H11Br3O8/c1-25-7(18)3-5(14(23)24)4(13(21)22)2-6-8(15)10(17)12(20)11(19)9(6)16/h2,5,19-20H,3H2,1H3,(H,21,22)(H,23,24)/b4-2-. The Morgan fingerprint density at radius 1 is 1.04 bits per heavy atom. The van der Waals surface area contributed by atoms with Crippen molar-refractivity contribution in [2.45, 2.75) is 6.42 Å². The number of hydrogen-bond donors (Lipinski definition) is 4. The van der Waals surface area contributed by atoms with Crippen molar-refractivity contribution < 1.29 is 39.5 Å². The third-order valence-electron chi connectivity index (χ3n) is 3.12. The highest BCUT2D eigenvalue weighted by Gasteiger charge is 2.31. The van der Waals surface area contributed by atoms with Crippen molar-refractivity contribution in [2.24, 2.45) is 5.92 Å². The minimum atomic E-state index is -1.68. The van der Waals surface area contributed by atoms with Gasteiger partial charge in [0.25, 0.3) is 0 Å². The molecule has 25 heavy (non-hydrogen) atoms. The number of benzene rings is 1. The quantitative estimate of drug-likeness (QED) is 0.185. The lowest BCUT2D eigenvalue weighted by Crippen LogP contribution is -2.24. The molecule has 0 aliphatic carbocycles. The number of phenols is 2. The van der Waals surface area contributed by atoms with Gasteiger partial charge in [-0.05, 0) is 53.9 Å². The highest BCUT2D eigenvalue weighted by Crippen LogP contribution is 2.47. The van der Waals surface area contributed by atoms with E-state index in [1.807, 2.05) is 0 Å². The van der Waals surface area contributed by atoms with Gasteiger partial charge in [0.2, 0.25) is 0 Å². The molecule has 0 heterocycles. The molecule has 0 aliphatic rings. The van der Waals surface area contributed by atoms with Crippen molar-refractivity contribution in [2.75, 3.05) is 7.11 Å². The van der Waals surface area contributed by atoms with E-state index in [9.17, 15) is 34.8 Å². The fourth-order valence-corrected chi connectivity index (χ4v) is 3.50. The number of carbonyl (C=O) groups is 3. The van der Waals surface area contributed by atoms with Crippen LogP contribution in [0.25, 0.3) is 6.08 Å². The summed E-state index contributed by atoms with van der Waals surface area (Å²) in [6.45, 7) is 0. The van der Waals surface area contributed by atoms with E-state index in [1.165, 1.54) is 0 Å². The first-order valence-corrected chi connectivity index (χ1v) is 8.73. The van der Waals surface area contributed by atoms with Crippen LogP contribution in [0, 0.1) is 5.92 Å². The molecule has 0 amide bonds. The topological polar surface area (TPSA) is 141 Å². The molecule has 0 saturated carbocycles. The summed E-state index contributed by atoms with van der Waals surface area (Å²) in [5, 5.41) is 38.2. The second-order valence-electron chi connectivity index (χ2n) is 4.63. The Kier molecular flexibility index (Phi) is 7.44. The first kappa shape index (κ1) is 21.5. The number of aliphatic carboxylic acids is 2. The average molecular weight is 547 g/mol. The number of methoxy groups -OCH3 is 1. The van der Waals surface area contributed by atoms with Crippen molar-refractivity contribution >= 4 is 71.8 Å². The Hall–Kier alpha value is -1.59. The number of carboxylic acids is 2. The van der Waals surface area contributed by atoms with E-state index in [1.54, 1.807) is 0 Å². The van der Waals surface area contributed by atoms with Crippen LogP contribution < -0.4 is 0 Å². The smallest absolute Gasteiger partial charge is 0.332 e. The minimum absolute atomic E-state index is 0.0315. The zero-order valence-electron chi connectivity index (χ0n) is 12.4. The number of halogens is 3. The van der Waals surface area contributed by atoms with E-state index >= 15 is 0 Å². The third kappa shape index (κ3) is 4.73. The lowest BCUT2D eigenvalue weighted by atomic mass is 9.93. The first-order valence-electron chi connectivity index (χ1n) is 6.35. The fraction of sp³-hybridized carbons (Fsp3) is 0.214. The molecule has 0 saturated heterocycles. The van der Waals surface area contributed by atoms with Gasteiger partial charge in [-0.25, -0.2) is 4.79 Å². The number of carboxylic acid groups (broad SMARTS) is 2. The van der Waals surface area contributed by atoms with Crippen molar-refractivity contribution in [3.8, 4) is 11.5 Å². The predicted octanol–water partition coefficient (Wildman–Crippen LogP) is 3.12. The van der Waals surface area contributed by atoms with Gasteiger partial charge in [0, 0.05) is 10.0 Å². The van der Waals surface area contributed by atoms with Gasteiger partial charge in [0.15, 0.2) is 11.5 Å². The molecule has 1 unspecified atom stereocenters. The van der Waals surface area contributed by atoms with Crippen LogP contribution in [-0.4, -0.2) is 45.4 Å². The maximum absolute atomic E-state index is 11.5. The van der Waals surface area contributed by atoms with Gasteiger partial charge in [0.05, 0.1) is 34.0 Å². The average Bonchev–Trinajstić information content (AvgIpc) is 2.56. The first-order chi connectivity index (χ1) is 11.5. The van der Waals surface area contributed by atoms with Crippen molar-refractivity contribution in [1.82, 2.24) is 0 Å². The maximum Gasteiger partial charge on any atom is 0.332 e. The number of esters is 1. The Balaban J connectivity index is 3.62. The van der Waals surface area contributed by atoms with Crippen LogP contribution in [0.1, 0.15) is 12.0 Å². The Morgan fingerprint density at radius 2 is 1.56 bits per heavy atom. The SMILES string of the molecule is COC(=O)CC(C(=O)O)/C(=C/c1c(Br)c(O)c(O)c(Br)c1Br)C(=O)O. The molecule has 0 bridgehead atoms. The largest absolute Gasteiger partial charge is 0.503 e. The number of ether oxygens (including phenoxy) is 1. The summed E-state index contributed by atoms with van der Waals surface area (Å²) in [6, 6.07) is 0. The van der Waals surface area contributed by atoms with Crippen molar-refractivity contribution in [1.29, 1.82) is 0 Å². The van der Waals surface area contributed by atoms with Crippen LogP contribution in [-0.2, 0) is 19.1 Å². The van der Waals surface area contributed by atoms with Crippen LogP contribution in [0.4, 0.5) is 0 Å². The minimum Gasteiger partial charge on any atom is -0.503 e. The Labute approximate surface area is 166 Å². The summed E-state index contributed by atoms with van der Waals surface area (Å²) in [4.78, 5) is 34.3. The summed E-state index contributed by atoms with van der Waals surface area (Å²) in [6.07, 6.45) is 0.284. The molecule has 1 aromatic rings. The van der Waals surface area contributed by atoms with E-state index in [2.05, 4.69) is 52.5 Å². The zero-order chi connectivity index (χ0) is 19.5. The molecule has 0 fully saturated rings.